The van der Waals surface area contributed by atoms with Crippen molar-refractivity contribution in [2.24, 2.45) is 5.92 Å². The Morgan fingerprint density at radius 3 is 2.33 bits per heavy atom. The van der Waals surface area contributed by atoms with Gasteiger partial charge < -0.3 is 23.6 Å². The number of hydrogen-bond donors (Lipinski definition) is 0. The molecule has 0 spiro atoms. The SMILES string of the molecule is COC(=O)c1cc2sc(N3[C@@H]4CC[C@H]3C[C@@H](OC(=O)c3c(C56CCC(CC5)CC6)noc3C3CC3)C4)nc2cc1OC. The Hall–Kier alpha value is -3.14. The molecule has 0 N–H and O–H groups in total. The quantitative estimate of drug-likeness (QED) is 0.283. The van der Waals surface area contributed by atoms with Crippen LogP contribution in [0.3, 0.4) is 0 Å². The monoisotopic (exact) mass is 591 g/mol. The summed E-state index contributed by atoms with van der Waals surface area (Å²) < 4.78 is 23.6. The third-order valence-electron chi connectivity index (χ3n) is 10.8. The van der Waals surface area contributed by atoms with Crippen molar-refractivity contribution < 1.29 is 28.3 Å². The van der Waals surface area contributed by atoms with E-state index in [0.717, 1.165) is 90.5 Å². The zero-order valence-electron chi connectivity index (χ0n) is 24.2. The van der Waals surface area contributed by atoms with E-state index in [1.165, 1.54) is 26.4 Å². The Bertz CT molecular complexity index is 1520. The Balaban J connectivity index is 1.03. The van der Waals surface area contributed by atoms with Gasteiger partial charge in [0.15, 0.2) is 10.9 Å². The number of methoxy groups -OCH3 is 2. The summed E-state index contributed by atoms with van der Waals surface area (Å²) in [6, 6.07) is 4.12. The van der Waals surface area contributed by atoms with Crippen molar-refractivity contribution in [3.63, 3.8) is 0 Å². The molecule has 6 fully saturated rings. The van der Waals surface area contributed by atoms with E-state index in [0.29, 0.717) is 22.8 Å². The number of nitrogens with zero attached hydrogens (tertiary/aromatic N) is 3. The third-order valence-corrected chi connectivity index (χ3v) is 11.8. The second-order valence-electron chi connectivity index (χ2n) is 13.1. The predicted molar refractivity (Wildman–Crippen MR) is 157 cm³/mol. The largest absolute Gasteiger partial charge is 0.496 e. The van der Waals surface area contributed by atoms with E-state index in [1.807, 2.05) is 12.1 Å². The molecule has 4 bridgehead atoms. The normalized spacial score (nSPS) is 30.1. The van der Waals surface area contributed by atoms with Crippen molar-refractivity contribution in [2.75, 3.05) is 19.1 Å². The summed E-state index contributed by atoms with van der Waals surface area (Å²) in [6.45, 7) is 0. The molecule has 0 radical (unpaired) electrons. The van der Waals surface area contributed by atoms with Crippen molar-refractivity contribution in [1.82, 2.24) is 10.1 Å². The molecular weight excluding hydrogens is 554 g/mol. The van der Waals surface area contributed by atoms with Crippen LogP contribution in [0, 0.1) is 5.92 Å². The van der Waals surface area contributed by atoms with Gasteiger partial charge in [0, 0.05) is 42.3 Å². The molecule has 2 aliphatic heterocycles. The first-order valence-electron chi connectivity index (χ1n) is 15.5. The second-order valence-corrected chi connectivity index (χ2v) is 14.1. The van der Waals surface area contributed by atoms with Crippen molar-refractivity contribution >= 4 is 38.6 Å². The number of rotatable bonds is 7. The van der Waals surface area contributed by atoms with Gasteiger partial charge in [-0.15, -0.1) is 0 Å². The Kier molecular flexibility index (Phi) is 6.28. The van der Waals surface area contributed by atoms with Gasteiger partial charge in [-0.05, 0) is 76.2 Å². The minimum absolute atomic E-state index is 0.0224. The first kappa shape index (κ1) is 26.5. The molecule has 9 nitrogen and oxygen atoms in total. The maximum Gasteiger partial charge on any atom is 0.344 e. The van der Waals surface area contributed by atoms with Gasteiger partial charge in [0.25, 0.3) is 0 Å². The topological polar surface area (TPSA) is 104 Å². The molecule has 3 aromatic rings. The van der Waals surface area contributed by atoms with Crippen molar-refractivity contribution in [1.29, 1.82) is 0 Å². The summed E-state index contributed by atoms with van der Waals surface area (Å²) in [5, 5.41) is 5.54. The first-order chi connectivity index (χ1) is 20.5. The van der Waals surface area contributed by atoms with Gasteiger partial charge in [-0.3, -0.25) is 0 Å². The summed E-state index contributed by atoms with van der Waals surface area (Å²) in [4.78, 5) is 33.6. The fourth-order valence-electron chi connectivity index (χ4n) is 8.33. The fourth-order valence-corrected chi connectivity index (χ4v) is 9.46. The lowest BCUT2D eigenvalue weighted by Gasteiger charge is -2.45. The zero-order chi connectivity index (χ0) is 28.6. The number of hydrogen-bond acceptors (Lipinski definition) is 10. The number of ether oxygens (including phenoxy) is 3. The molecule has 1 aromatic carbocycles. The van der Waals surface area contributed by atoms with Gasteiger partial charge in [0.1, 0.15) is 28.7 Å². The first-order valence-corrected chi connectivity index (χ1v) is 16.3. The molecule has 3 atom stereocenters. The molecule has 0 amide bonds. The maximum absolute atomic E-state index is 13.9. The van der Waals surface area contributed by atoms with E-state index in [2.05, 4.69) is 10.1 Å². The van der Waals surface area contributed by atoms with E-state index < -0.39 is 5.97 Å². The zero-order valence-corrected chi connectivity index (χ0v) is 25.0. The average Bonchev–Trinajstić information content (AvgIpc) is 3.51. The maximum atomic E-state index is 13.9. The lowest BCUT2D eigenvalue weighted by atomic mass is 9.59. The van der Waals surface area contributed by atoms with Gasteiger partial charge >= 0.3 is 11.9 Å². The van der Waals surface area contributed by atoms with Crippen LogP contribution in [0.15, 0.2) is 16.7 Å². The molecule has 6 aliphatic rings. The molecule has 2 aromatic heterocycles. The minimum atomic E-state index is -0.428. The lowest BCUT2D eigenvalue weighted by Crippen LogP contribution is -2.46. The molecule has 222 valence electrons. The van der Waals surface area contributed by atoms with Crippen molar-refractivity contribution in [3.8, 4) is 5.75 Å². The number of aromatic nitrogens is 2. The van der Waals surface area contributed by atoms with Crippen molar-refractivity contribution in [2.45, 2.75) is 107 Å². The summed E-state index contributed by atoms with van der Waals surface area (Å²) in [5.74, 6) is 1.72. The molecule has 4 saturated carbocycles. The molecule has 10 heteroatoms. The van der Waals surface area contributed by atoms with E-state index in [1.54, 1.807) is 18.4 Å². The van der Waals surface area contributed by atoms with E-state index in [4.69, 9.17) is 23.7 Å². The minimum Gasteiger partial charge on any atom is -0.496 e. The van der Waals surface area contributed by atoms with Crippen LogP contribution in [0.25, 0.3) is 10.2 Å². The Labute approximate surface area is 248 Å². The highest BCUT2D eigenvalue weighted by molar-refractivity contribution is 7.22. The van der Waals surface area contributed by atoms with E-state index in [-0.39, 0.29) is 29.6 Å². The van der Waals surface area contributed by atoms with Gasteiger partial charge in [0.2, 0.25) is 0 Å². The van der Waals surface area contributed by atoms with Gasteiger partial charge in [-0.1, -0.05) is 16.5 Å². The third kappa shape index (κ3) is 4.23. The Morgan fingerprint density at radius 2 is 1.69 bits per heavy atom. The number of carbonyl (C=O) groups is 2. The molecule has 42 heavy (non-hydrogen) atoms. The smallest absolute Gasteiger partial charge is 0.344 e. The van der Waals surface area contributed by atoms with Gasteiger partial charge in [-0.25, -0.2) is 14.6 Å². The number of thiazole rings is 1. The number of piperidine rings is 1. The highest BCUT2D eigenvalue weighted by Crippen LogP contribution is 2.54. The van der Waals surface area contributed by atoms with Gasteiger partial charge in [0.05, 0.1) is 24.4 Å². The fraction of sp³-hybridized carbons (Fsp3) is 0.625. The Morgan fingerprint density at radius 1 is 0.976 bits per heavy atom. The molecular formula is C32H37N3O6S. The molecule has 2 saturated heterocycles. The highest BCUT2D eigenvalue weighted by atomic mass is 32.1. The van der Waals surface area contributed by atoms with Crippen LogP contribution in [0.1, 0.15) is 115 Å². The van der Waals surface area contributed by atoms with Crippen LogP contribution in [0.5, 0.6) is 5.75 Å². The summed E-state index contributed by atoms with van der Waals surface area (Å²) in [5.41, 5.74) is 2.73. The standard InChI is InChI=1S/C32H37N3O6S/c1-38-24-16-23-25(15-22(24)29(36)39-2)42-31(33-23)35-19-5-6-20(35)14-21(13-19)40-30(37)26-27(18-3-4-18)41-34-28(26)32-10-7-17(8-11-32)9-12-32/h15-21H,3-14H2,1-2H3/t17?,19-,20+,21+,32?. The van der Waals surface area contributed by atoms with Crippen molar-refractivity contribution in [3.05, 3.63) is 34.7 Å². The van der Waals surface area contributed by atoms with Crippen LogP contribution in [0.4, 0.5) is 5.13 Å². The molecule has 9 rings (SSSR count). The van der Waals surface area contributed by atoms with Gasteiger partial charge in [-0.2, -0.15) is 0 Å². The molecule has 4 aliphatic carbocycles. The second kappa shape index (κ2) is 9.96. The molecule has 4 heterocycles. The number of benzene rings is 1. The number of carbonyl (C=O) groups excluding carboxylic acids is 2. The summed E-state index contributed by atoms with van der Waals surface area (Å²) in [7, 11) is 2.91. The van der Waals surface area contributed by atoms with Crippen LogP contribution >= 0.6 is 11.3 Å². The number of anilines is 1. The van der Waals surface area contributed by atoms with E-state index in [9.17, 15) is 9.59 Å². The number of esters is 2. The van der Waals surface area contributed by atoms with Crippen LogP contribution < -0.4 is 9.64 Å². The summed E-state index contributed by atoms with van der Waals surface area (Å²) >= 11 is 1.58. The average molecular weight is 592 g/mol. The van der Waals surface area contributed by atoms with Crippen LogP contribution in [-0.4, -0.2) is 54.5 Å². The van der Waals surface area contributed by atoms with Crippen LogP contribution in [-0.2, 0) is 14.9 Å². The lowest BCUT2D eigenvalue weighted by molar-refractivity contribution is 0.0195. The van der Waals surface area contributed by atoms with E-state index >= 15 is 0 Å². The molecule has 0 unspecified atom stereocenters. The predicted octanol–water partition coefficient (Wildman–Crippen LogP) is 6.54. The highest BCUT2D eigenvalue weighted by Gasteiger charge is 2.49. The van der Waals surface area contributed by atoms with Crippen LogP contribution in [0.2, 0.25) is 0 Å². The summed E-state index contributed by atoms with van der Waals surface area (Å²) in [6.07, 6.45) is 12.6. The number of fused-ring (bicyclic) bond motifs is 6.